The van der Waals surface area contributed by atoms with E-state index in [9.17, 15) is 8.78 Å². The van der Waals surface area contributed by atoms with Gasteiger partial charge in [0.25, 0.3) is 0 Å². The first-order chi connectivity index (χ1) is 7.18. The van der Waals surface area contributed by atoms with E-state index in [-0.39, 0.29) is 5.92 Å². The predicted molar refractivity (Wildman–Crippen MR) is 57.6 cm³/mol. The van der Waals surface area contributed by atoms with Gasteiger partial charge >= 0.3 is 0 Å². The lowest BCUT2D eigenvalue weighted by atomic mass is 9.84. The molecule has 0 saturated heterocycles. The van der Waals surface area contributed by atoms with Crippen molar-refractivity contribution in [3.8, 4) is 0 Å². The minimum absolute atomic E-state index is 0.0504. The summed E-state index contributed by atoms with van der Waals surface area (Å²) in [5.41, 5.74) is 1.84. The Morgan fingerprint density at radius 1 is 1.33 bits per heavy atom. The molecule has 1 unspecified atom stereocenters. The van der Waals surface area contributed by atoms with Gasteiger partial charge in [0.15, 0.2) is 11.7 Å². The fourth-order valence-corrected chi connectivity index (χ4v) is 2.13. The van der Waals surface area contributed by atoms with Gasteiger partial charge in [-0.15, -0.1) is 0 Å². The van der Waals surface area contributed by atoms with Crippen LogP contribution in [0.15, 0.2) is 47.1 Å². The van der Waals surface area contributed by atoms with E-state index in [4.69, 9.17) is 0 Å². The molecule has 15 heavy (non-hydrogen) atoms. The second kappa shape index (κ2) is 4.13. The van der Waals surface area contributed by atoms with Gasteiger partial charge in [-0.2, -0.15) is 0 Å². The second-order valence-electron chi connectivity index (χ2n) is 4.14. The Morgan fingerprint density at radius 2 is 2.13 bits per heavy atom. The Hall–Kier alpha value is -1.18. The van der Waals surface area contributed by atoms with E-state index >= 15 is 0 Å². The first kappa shape index (κ1) is 10.3. The van der Waals surface area contributed by atoms with E-state index in [1.807, 2.05) is 25.2 Å². The van der Waals surface area contributed by atoms with Crippen molar-refractivity contribution in [2.24, 2.45) is 5.92 Å². The molecule has 0 fully saturated rings. The van der Waals surface area contributed by atoms with E-state index in [1.165, 1.54) is 11.6 Å². The number of halogens is 2. The average molecular weight is 208 g/mol. The molecule has 0 aliphatic heterocycles. The number of rotatable bonds is 1. The maximum atomic E-state index is 13.5. The van der Waals surface area contributed by atoms with E-state index < -0.39 is 11.7 Å². The van der Waals surface area contributed by atoms with Crippen LogP contribution in [0.2, 0.25) is 0 Å². The Morgan fingerprint density at radius 3 is 2.87 bits per heavy atom. The lowest BCUT2D eigenvalue weighted by molar-refractivity contribution is 0.499. The summed E-state index contributed by atoms with van der Waals surface area (Å²) in [6, 6.07) is 0. The third kappa shape index (κ3) is 2.09. The van der Waals surface area contributed by atoms with Gasteiger partial charge in [0.05, 0.1) is 0 Å². The Kier molecular flexibility index (Phi) is 2.85. The van der Waals surface area contributed by atoms with Crippen LogP contribution in [0.4, 0.5) is 8.78 Å². The van der Waals surface area contributed by atoms with Crippen LogP contribution >= 0.6 is 0 Å². The van der Waals surface area contributed by atoms with Gasteiger partial charge in [-0.3, -0.25) is 0 Å². The topological polar surface area (TPSA) is 0 Å². The summed E-state index contributed by atoms with van der Waals surface area (Å²) in [7, 11) is 0. The van der Waals surface area contributed by atoms with Gasteiger partial charge in [0.1, 0.15) is 0 Å². The Bertz CT molecular complexity index is 383. The minimum Gasteiger partial charge on any atom is -0.204 e. The summed E-state index contributed by atoms with van der Waals surface area (Å²) in [5.74, 6) is -1.27. The maximum absolute atomic E-state index is 13.5. The average Bonchev–Trinajstić information content (AvgIpc) is 2.22. The number of hydrogen-bond donors (Lipinski definition) is 0. The molecule has 0 amide bonds. The predicted octanol–water partition coefficient (Wildman–Crippen LogP) is 4.38. The van der Waals surface area contributed by atoms with Crippen LogP contribution in [0.1, 0.15) is 26.2 Å². The van der Waals surface area contributed by atoms with Crippen LogP contribution in [-0.4, -0.2) is 0 Å². The lowest BCUT2D eigenvalue weighted by Crippen LogP contribution is -2.09. The number of hydrogen-bond acceptors (Lipinski definition) is 0. The summed E-state index contributed by atoms with van der Waals surface area (Å²) in [6.45, 7) is 2.02. The zero-order valence-electron chi connectivity index (χ0n) is 8.76. The van der Waals surface area contributed by atoms with Crippen molar-refractivity contribution in [2.75, 3.05) is 0 Å². The molecular formula is C13H14F2. The van der Waals surface area contributed by atoms with Gasteiger partial charge in [0, 0.05) is 5.92 Å². The molecule has 0 bridgehead atoms. The second-order valence-corrected chi connectivity index (χ2v) is 4.14. The van der Waals surface area contributed by atoms with Gasteiger partial charge in [0.2, 0.25) is 0 Å². The quantitative estimate of drug-likeness (QED) is 0.600. The largest absolute Gasteiger partial charge is 0.204 e. The van der Waals surface area contributed by atoms with Gasteiger partial charge in [-0.1, -0.05) is 23.8 Å². The molecule has 0 spiro atoms. The molecule has 1 atom stereocenters. The molecule has 0 heterocycles. The van der Waals surface area contributed by atoms with Gasteiger partial charge in [-0.05, 0) is 37.8 Å². The highest BCUT2D eigenvalue weighted by Crippen LogP contribution is 2.36. The standard InChI is InChI=1S/C13H14F2/c1-9-4-2-5-10(8-9)11-6-3-7-12(14)13(11)15/h2,4-5,7,10H,3,6,8H2,1H3. The van der Waals surface area contributed by atoms with Crippen molar-refractivity contribution in [1.82, 2.24) is 0 Å². The van der Waals surface area contributed by atoms with Crippen LogP contribution in [0.5, 0.6) is 0 Å². The SMILES string of the molecule is CC1=CC=CC(C2=C(F)C(F)=CCC2)C1. The lowest BCUT2D eigenvalue weighted by Gasteiger charge is -2.22. The molecule has 2 aliphatic rings. The van der Waals surface area contributed by atoms with Crippen molar-refractivity contribution in [2.45, 2.75) is 26.2 Å². The first-order valence-corrected chi connectivity index (χ1v) is 5.27. The molecule has 0 nitrogen and oxygen atoms in total. The zero-order chi connectivity index (χ0) is 10.8. The van der Waals surface area contributed by atoms with Crippen LogP contribution in [-0.2, 0) is 0 Å². The van der Waals surface area contributed by atoms with Crippen molar-refractivity contribution in [1.29, 1.82) is 0 Å². The van der Waals surface area contributed by atoms with E-state index in [2.05, 4.69) is 0 Å². The van der Waals surface area contributed by atoms with Crippen LogP contribution in [0.3, 0.4) is 0 Å². The molecule has 2 aliphatic carbocycles. The first-order valence-electron chi connectivity index (χ1n) is 5.27. The van der Waals surface area contributed by atoms with Gasteiger partial charge < -0.3 is 0 Å². The summed E-state index contributed by atoms with van der Waals surface area (Å²) < 4.78 is 26.6. The summed E-state index contributed by atoms with van der Waals surface area (Å²) in [6.07, 6.45) is 9.30. The smallest absolute Gasteiger partial charge is 0.158 e. The molecule has 0 aromatic heterocycles. The highest BCUT2D eigenvalue weighted by molar-refractivity contribution is 5.35. The summed E-state index contributed by atoms with van der Waals surface area (Å²) >= 11 is 0. The fourth-order valence-electron chi connectivity index (χ4n) is 2.13. The molecule has 80 valence electrons. The zero-order valence-corrected chi connectivity index (χ0v) is 8.76. The van der Waals surface area contributed by atoms with Crippen LogP contribution in [0, 0.1) is 5.92 Å². The molecule has 2 heteroatoms. The molecule has 0 aromatic carbocycles. The van der Waals surface area contributed by atoms with E-state index in [0.717, 1.165) is 6.42 Å². The maximum Gasteiger partial charge on any atom is 0.158 e. The Balaban J connectivity index is 2.25. The minimum atomic E-state index is -0.683. The monoisotopic (exact) mass is 208 g/mol. The highest BCUT2D eigenvalue weighted by atomic mass is 19.2. The molecule has 2 rings (SSSR count). The summed E-state index contributed by atoms with van der Waals surface area (Å²) in [4.78, 5) is 0. The van der Waals surface area contributed by atoms with Crippen molar-refractivity contribution >= 4 is 0 Å². The van der Waals surface area contributed by atoms with E-state index in [0.29, 0.717) is 18.4 Å². The van der Waals surface area contributed by atoms with E-state index in [1.54, 1.807) is 0 Å². The van der Waals surface area contributed by atoms with Crippen molar-refractivity contribution < 1.29 is 8.78 Å². The van der Waals surface area contributed by atoms with Crippen molar-refractivity contribution in [3.05, 3.63) is 47.1 Å². The molecule has 0 saturated carbocycles. The molecule has 0 radical (unpaired) electrons. The van der Waals surface area contributed by atoms with Crippen molar-refractivity contribution in [3.63, 3.8) is 0 Å². The molecule has 0 aromatic rings. The summed E-state index contributed by atoms with van der Waals surface area (Å²) in [5, 5.41) is 0. The van der Waals surface area contributed by atoms with Crippen LogP contribution < -0.4 is 0 Å². The molecular weight excluding hydrogens is 194 g/mol. The Labute approximate surface area is 88.7 Å². The third-order valence-electron chi connectivity index (χ3n) is 2.94. The molecule has 0 N–H and O–H groups in total. The third-order valence-corrected chi connectivity index (χ3v) is 2.94. The highest BCUT2D eigenvalue weighted by Gasteiger charge is 2.22. The van der Waals surface area contributed by atoms with Gasteiger partial charge in [-0.25, -0.2) is 8.78 Å². The number of allylic oxidation sites excluding steroid dienone is 8. The normalized spacial score (nSPS) is 26.5. The fraction of sp³-hybridized carbons (Fsp3) is 0.385. The van der Waals surface area contributed by atoms with Crippen LogP contribution in [0.25, 0.3) is 0 Å².